The van der Waals surface area contributed by atoms with Crippen molar-refractivity contribution in [2.45, 2.75) is 12.8 Å². The molecule has 2 aromatic rings. The summed E-state index contributed by atoms with van der Waals surface area (Å²) in [5, 5.41) is 0. The monoisotopic (exact) mass is 301 g/mol. The van der Waals surface area contributed by atoms with Crippen molar-refractivity contribution >= 4 is 11.6 Å². The van der Waals surface area contributed by atoms with Crippen LogP contribution in [0.3, 0.4) is 0 Å². The first-order valence-electron chi connectivity index (χ1n) is 7.08. The minimum absolute atomic E-state index is 0.124. The lowest BCUT2D eigenvalue weighted by atomic mass is 10.3. The van der Waals surface area contributed by atoms with Crippen LogP contribution in [0.25, 0.3) is 5.82 Å². The van der Waals surface area contributed by atoms with E-state index < -0.39 is 0 Å². The molecule has 7 nitrogen and oxygen atoms in total. The van der Waals surface area contributed by atoms with E-state index in [-0.39, 0.29) is 17.2 Å². The Labute approximate surface area is 126 Å². The normalized spacial score (nSPS) is 14.6. The van der Waals surface area contributed by atoms with Gasteiger partial charge in [0.05, 0.1) is 31.2 Å². The molecule has 1 amide bonds. The largest absolute Gasteiger partial charge is 0.417 e. The second-order valence-corrected chi connectivity index (χ2v) is 5.35. The van der Waals surface area contributed by atoms with Crippen LogP contribution in [0.2, 0.25) is 0 Å². The standard InChI is InChI=1S/C15H17N4O3/c1-16-12(10-14(21)17(2)15(16)22)18-8-5-11(6-9-18)19-7-3-4-13(19)20/h5-6,8-10H,3-4,7H2,1-2H3/q+1. The molecule has 0 bridgehead atoms. The summed E-state index contributed by atoms with van der Waals surface area (Å²) in [6, 6.07) is 5.03. The maximum Gasteiger partial charge on any atom is 0.417 e. The second-order valence-electron chi connectivity index (χ2n) is 5.35. The fourth-order valence-corrected chi connectivity index (χ4v) is 2.64. The molecule has 114 valence electrons. The number of rotatable bonds is 2. The van der Waals surface area contributed by atoms with E-state index in [1.165, 1.54) is 17.7 Å². The van der Waals surface area contributed by atoms with Gasteiger partial charge in [-0.25, -0.2) is 13.9 Å². The van der Waals surface area contributed by atoms with Gasteiger partial charge < -0.3 is 4.90 Å². The van der Waals surface area contributed by atoms with E-state index in [4.69, 9.17) is 0 Å². The topological polar surface area (TPSA) is 68.2 Å². The Morgan fingerprint density at radius 3 is 2.32 bits per heavy atom. The molecule has 0 saturated carbocycles. The van der Waals surface area contributed by atoms with Crippen molar-refractivity contribution in [3.05, 3.63) is 51.4 Å². The number of hydrogen-bond donors (Lipinski definition) is 0. The molecule has 2 aromatic heterocycles. The molecule has 0 radical (unpaired) electrons. The lowest BCUT2D eigenvalue weighted by Gasteiger charge is -2.15. The Morgan fingerprint density at radius 1 is 1.05 bits per heavy atom. The molecule has 0 aliphatic carbocycles. The predicted octanol–water partition coefficient (Wildman–Crippen LogP) is -0.512. The van der Waals surface area contributed by atoms with Crippen LogP contribution in [0.4, 0.5) is 5.69 Å². The third-order valence-corrected chi connectivity index (χ3v) is 3.96. The van der Waals surface area contributed by atoms with E-state index in [1.807, 2.05) is 12.1 Å². The number of pyridine rings is 1. The summed E-state index contributed by atoms with van der Waals surface area (Å²) in [6.07, 6.45) is 4.94. The average Bonchev–Trinajstić information content (AvgIpc) is 2.95. The third kappa shape index (κ3) is 2.24. The van der Waals surface area contributed by atoms with E-state index in [0.717, 1.165) is 23.2 Å². The average molecular weight is 301 g/mol. The van der Waals surface area contributed by atoms with E-state index in [2.05, 4.69) is 0 Å². The minimum Gasteiger partial charge on any atom is -0.312 e. The summed E-state index contributed by atoms with van der Waals surface area (Å²) < 4.78 is 4.15. The molecule has 0 spiro atoms. The van der Waals surface area contributed by atoms with Crippen molar-refractivity contribution in [1.82, 2.24) is 9.13 Å². The fraction of sp³-hybridized carbons (Fsp3) is 0.333. The zero-order valence-electron chi connectivity index (χ0n) is 12.5. The van der Waals surface area contributed by atoms with Crippen LogP contribution >= 0.6 is 0 Å². The highest BCUT2D eigenvalue weighted by atomic mass is 16.2. The summed E-state index contributed by atoms with van der Waals surface area (Å²) in [4.78, 5) is 37.2. The van der Waals surface area contributed by atoms with Crippen LogP contribution in [0.15, 0.2) is 40.2 Å². The van der Waals surface area contributed by atoms with E-state index in [1.54, 1.807) is 28.9 Å². The Morgan fingerprint density at radius 2 is 1.73 bits per heavy atom. The summed E-state index contributed by atoms with van der Waals surface area (Å²) >= 11 is 0. The molecule has 3 heterocycles. The number of nitrogens with zero attached hydrogens (tertiary/aromatic N) is 4. The number of hydrogen-bond acceptors (Lipinski definition) is 3. The Bertz CT molecular complexity index is 849. The Balaban J connectivity index is 2.02. The highest BCUT2D eigenvalue weighted by Gasteiger charge is 2.22. The first-order valence-corrected chi connectivity index (χ1v) is 7.08. The molecular formula is C15H17N4O3+. The predicted molar refractivity (Wildman–Crippen MR) is 80.0 cm³/mol. The van der Waals surface area contributed by atoms with Gasteiger partial charge in [-0.3, -0.25) is 9.59 Å². The second kappa shape index (κ2) is 5.25. The van der Waals surface area contributed by atoms with E-state index in [9.17, 15) is 14.4 Å². The lowest BCUT2D eigenvalue weighted by Crippen LogP contribution is -2.44. The highest BCUT2D eigenvalue weighted by molar-refractivity contribution is 5.95. The molecule has 1 aliphatic rings. The number of anilines is 1. The molecule has 0 N–H and O–H groups in total. The van der Waals surface area contributed by atoms with Gasteiger partial charge in [-0.1, -0.05) is 0 Å². The number of carbonyl (C=O) groups is 1. The van der Waals surface area contributed by atoms with Crippen molar-refractivity contribution in [2.75, 3.05) is 11.4 Å². The molecule has 3 rings (SSSR count). The van der Waals surface area contributed by atoms with Gasteiger partial charge in [0.1, 0.15) is 0 Å². The molecule has 1 fully saturated rings. The first kappa shape index (κ1) is 14.2. The summed E-state index contributed by atoms with van der Waals surface area (Å²) in [5.41, 5.74) is 0.0887. The van der Waals surface area contributed by atoms with Crippen LogP contribution < -0.4 is 20.7 Å². The molecule has 1 saturated heterocycles. The third-order valence-electron chi connectivity index (χ3n) is 3.96. The van der Waals surface area contributed by atoms with Crippen LogP contribution in [0, 0.1) is 0 Å². The van der Waals surface area contributed by atoms with E-state index >= 15 is 0 Å². The van der Waals surface area contributed by atoms with Crippen molar-refractivity contribution < 1.29 is 9.36 Å². The highest BCUT2D eigenvalue weighted by Crippen LogP contribution is 2.19. The molecule has 0 aromatic carbocycles. The summed E-state index contributed by atoms with van der Waals surface area (Å²) in [6.45, 7) is 0.729. The Kier molecular flexibility index (Phi) is 3.40. The molecule has 22 heavy (non-hydrogen) atoms. The van der Waals surface area contributed by atoms with Gasteiger partial charge >= 0.3 is 5.69 Å². The van der Waals surface area contributed by atoms with Crippen molar-refractivity contribution in [1.29, 1.82) is 0 Å². The van der Waals surface area contributed by atoms with Gasteiger partial charge in [-0.15, -0.1) is 0 Å². The molecule has 7 heteroatoms. The summed E-state index contributed by atoms with van der Waals surface area (Å²) in [7, 11) is 3.06. The molecular weight excluding hydrogens is 284 g/mol. The van der Waals surface area contributed by atoms with Crippen LogP contribution in [0.5, 0.6) is 0 Å². The van der Waals surface area contributed by atoms with E-state index in [0.29, 0.717) is 12.2 Å². The van der Waals surface area contributed by atoms with Crippen LogP contribution in [-0.4, -0.2) is 21.6 Å². The quantitative estimate of drug-likeness (QED) is 0.702. The number of amides is 1. The van der Waals surface area contributed by atoms with Crippen molar-refractivity contribution in [3.63, 3.8) is 0 Å². The van der Waals surface area contributed by atoms with Crippen molar-refractivity contribution in [3.8, 4) is 5.82 Å². The Hall–Kier alpha value is -2.70. The number of aromatic nitrogens is 3. The molecule has 0 unspecified atom stereocenters. The zero-order valence-corrected chi connectivity index (χ0v) is 12.5. The fourth-order valence-electron chi connectivity index (χ4n) is 2.64. The zero-order chi connectivity index (χ0) is 15.9. The van der Waals surface area contributed by atoms with Gasteiger partial charge in [-0.05, 0) is 6.42 Å². The smallest absolute Gasteiger partial charge is 0.312 e. The minimum atomic E-state index is -0.381. The van der Waals surface area contributed by atoms with Crippen molar-refractivity contribution in [2.24, 2.45) is 14.1 Å². The van der Waals surface area contributed by atoms with Gasteiger partial charge in [0.15, 0.2) is 0 Å². The van der Waals surface area contributed by atoms with Gasteiger partial charge in [0.25, 0.3) is 11.4 Å². The lowest BCUT2D eigenvalue weighted by molar-refractivity contribution is -0.601. The maximum atomic E-state index is 12.0. The van der Waals surface area contributed by atoms with Gasteiger partial charge in [0.2, 0.25) is 5.91 Å². The van der Waals surface area contributed by atoms with Gasteiger partial charge in [0, 0.05) is 32.1 Å². The molecule has 1 aliphatic heterocycles. The van der Waals surface area contributed by atoms with Crippen LogP contribution in [-0.2, 0) is 18.9 Å². The van der Waals surface area contributed by atoms with Gasteiger partial charge in [-0.2, -0.15) is 4.57 Å². The maximum absolute atomic E-state index is 12.0. The number of carbonyl (C=O) groups excluding carboxylic acids is 1. The first-order chi connectivity index (χ1) is 10.5. The SMILES string of the molecule is Cn1c(-[n+]2ccc(N3CCCC3=O)cc2)cc(=O)n(C)c1=O. The summed E-state index contributed by atoms with van der Waals surface area (Å²) in [5.74, 6) is 0.603. The molecule has 0 atom stereocenters. The van der Waals surface area contributed by atoms with Crippen LogP contribution in [0.1, 0.15) is 12.8 Å².